The van der Waals surface area contributed by atoms with Crippen LogP contribution in [0.3, 0.4) is 0 Å². The van der Waals surface area contributed by atoms with Crippen LogP contribution in [0.15, 0.2) is 35.8 Å². The lowest BCUT2D eigenvalue weighted by Crippen LogP contribution is -2.40. The zero-order valence-electron chi connectivity index (χ0n) is 14.1. The molecule has 2 aromatic rings. The molecule has 140 valence electrons. The Hall–Kier alpha value is -2.09. The van der Waals surface area contributed by atoms with Crippen molar-refractivity contribution in [3.05, 3.63) is 47.0 Å². The first kappa shape index (κ1) is 18.7. The van der Waals surface area contributed by atoms with Gasteiger partial charge in [0.2, 0.25) is 5.91 Å². The van der Waals surface area contributed by atoms with E-state index in [0.29, 0.717) is 13.0 Å². The zero-order chi connectivity index (χ0) is 18.6. The van der Waals surface area contributed by atoms with E-state index < -0.39 is 11.7 Å². The molecule has 0 spiro atoms. The van der Waals surface area contributed by atoms with Gasteiger partial charge in [-0.05, 0) is 37.0 Å². The number of carbonyl (C=O) groups excluding carboxylic acids is 1. The van der Waals surface area contributed by atoms with E-state index in [-0.39, 0.29) is 18.4 Å². The molecule has 1 saturated heterocycles. The second kappa shape index (κ2) is 8.07. The number of hydrogen-bond donors (Lipinski definition) is 1. The van der Waals surface area contributed by atoms with Gasteiger partial charge in [0.1, 0.15) is 0 Å². The van der Waals surface area contributed by atoms with Crippen LogP contribution in [0.25, 0.3) is 0 Å². The molecule has 3 rings (SSSR count). The monoisotopic (exact) mass is 383 g/mol. The first-order valence-corrected chi connectivity index (χ1v) is 9.40. The van der Waals surface area contributed by atoms with Gasteiger partial charge in [-0.1, -0.05) is 12.1 Å². The Labute approximate surface area is 154 Å². The lowest BCUT2D eigenvalue weighted by molar-refractivity contribution is -0.137. The minimum Gasteiger partial charge on any atom is -0.354 e. The number of alkyl halides is 3. The van der Waals surface area contributed by atoms with Gasteiger partial charge in [-0.3, -0.25) is 4.79 Å². The number of aryl methyl sites for hydroxylation is 1. The molecular formula is C18H20F3N3OS. The third-order valence-electron chi connectivity index (χ3n) is 4.50. The smallest absolute Gasteiger partial charge is 0.354 e. The quantitative estimate of drug-likeness (QED) is 0.823. The summed E-state index contributed by atoms with van der Waals surface area (Å²) < 4.78 is 37.6. The molecule has 0 bridgehead atoms. The molecule has 1 aromatic carbocycles. The fourth-order valence-electron chi connectivity index (χ4n) is 3.10. The van der Waals surface area contributed by atoms with E-state index in [1.54, 1.807) is 17.5 Å². The van der Waals surface area contributed by atoms with Gasteiger partial charge in [0, 0.05) is 37.1 Å². The molecule has 0 radical (unpaired) electrons. The van der Waals surface area contributed by atoms with Crippen LogP contribution in [0.5, 0.6) is 0 Å². The van der Waals surface area contributed by atoms with Gasteiger partial charge in [0.15, 0.2) is 5.13 Å². The highest BCUT2D eigenvalue weighted by Crippen LogP contribution is 2.29. The molecule has 1 aromatic heterocycles. The highest BCUT2D eigenvalue weighted by atomic mass is 32.1. The van der Waals surface area contributed by atoms with E-state index in [1.807, 2.05) is 5.38 Å². The molecule has 0 saturated carbocycles. The maximum absolute atomic E-state index is 12.5. The van der Waals surface area contributed by atoms with Crippen LogP contribution in [0.2, 0.25) is 0 Å². The predicted octanol–water partition coefficient (Wildman–Crippen LogP) is 3.88. The summed E-state index contributed by atoms with van der Waals surface area (Å²) >= 11 is 1.59. The number of anilines is 1. The number of benzene rings is 1. The predicted molar refractivity (Wildman–Crippen MR) is 95.3 cm³/mol. The first-order chi connectivity index (χ1) is 12.4. The van der Waals surface area contributed by atoms with Crippen molar-refractivity contribution < 1.29 is 18.0 Å². The summed E-state index contributed by atoms with van der Waals surface area (Å²) in [7, 11) is 0. The van der Waals surface area contributed by atoms with Crippen LogP contribution >= 0.6 is 11.3 Å². The third-order valence-corrected chi connectivity index (χ3v) is 5.31. The molecular weight excluding hydrogens is 363 g/mol. The van der Waals surface area contributed by atoms with E-state index >= 15 is 0 Å². The molecule has 0 aliphatic carbocycles. The number of nitrogens with zero attached hydrogens (tertiary/aromatic N) is 2. The topological polar surface area (TPSA) is 45.2 Å². The minimum atomic E-state index is -4.33. The van der Waals surface area contributed by atoms with Crippen molar-refractivity contribution in [1.82, 2.24) is 10.3 Å². The molecule has 1 N–H and O–H groups in total. The maximum Gasteiger partial charge on any atom is 0.416 e. The molecule has 2 heterocycles. The second-order valence-corrected chi connectivity index (χ2v) is 7.18. The molecule has 1 fully saturated rings. The maximum atomic E-state index is 12.5. The Morgan fingerprint density at radius 3 is 2.73 bits per heavy atom. The van der Waals surface area contributed by atoms with Crippen LogP contribution in [0, 0.1) is 0 Å². The van der Waals surface area contributed by atoms with Gasteiger partial charge in [-0.15, -0.1) is 11.3 Å². The van der Waals surface area contributed by atoms with Gasteiger partial charge in [0.25, 0.3) is 0 Å². The largest absolute Gasteiger partial charge is 0.416 e. The number of aromatic nitrogens is 1. The lowest BCUT2D eigenvalue weighted by atomic mass is 10.1. The van der Waals surface area contributed by atoms with Crippen LogP contribution in [-0.2, 0) is 17.4 Å². The highest BCUT2D eigenvalue weighted by Gasteiger charge is 2.30. The van der Waals surface area contributed by atoms with Crippen molar-refractivity contribution in [1.29, 1.82) is 0 Å². The van der Waals surface area contributed by atoms with E-state index in [9.17, 15) is 18.0 Å². The summed E-state index contributed by atoms with van der Waals surface area (Å²) in [5, 5.41) is 5.85. The molecule has 8 heteroatoms. The van der Waals surface area contributed by atoms with Crippen LogP contribution < -0.4 is 10.2 Å². The fraction of sp³-hybridized carbons (Fsp3) is 0.444. The normalized spacial score (nSPS) is 17.5. The van der Waals surface area contributed by atoms with Gasteiger partial charge in [-0.2, -0.15) is 13.2 Å². The third kappa shape index (κ3) is 4.75. The van der Waals surface area contributed by atoms with Crippen molar-refractivity contribution in [2.75, 3.05) is 18.0 Å². The molecule has 1 aliphatic heterocycles. The average molecular weight is 383 g/mol. The summed E-state index contributed by atoms with van der Waals surface area (Å²) in [6, 6.07) is 5.21. The van der Waals surface area contributed by atoms with E-state index in [0.717, 1.165) is 42.2 Å². The van der Waals surface area contributed by atoms with Crippen LogP contribution in [0.4, 0.5) is 18.3 Å². The van der Waals surface area contributed by atoms with Crippen molar-refractivity contribution in [3.8, 4) is 0 Å². The van der Waals surface area contributed by atoms with Crippen molar-refractivity contribution >= 4 is 22.4 Å². The lowest BCUT2D eigenvalue weighted by Gasteiger charge is -2.24. The SMILES string of the molecule is O=C(CCc1ccc(C(F)(F)F)cc1)NCC1CCCN1c1nccs1. The number of amides is 1. The Kier molecular flexibility index (Phi) is 5.80. The van der Waals surface area contributed by atoms with Crippen molar-refractivity contribution in [3.63, 3.8) is 0 Å². The second-order valence-electron chi connectivity index (χ2n) is 6.30. The minimum absolute atomic E-state index is 0.0871. The van der Waals surface area contributed by atoms with Crippen molar-refractivity contribution in [2.45, 2.75) is 37.9 Å². The number of halogens is 3. The van der Waals surface area contributed by atoms with Crippen LogP contribution in [0.1, 0.15) is 30.4 Å². The molecule has 26 heavy (non-hydrogen) atoms. The van der Waals surface area contributed by atoms with E-state index in [4.69, 9.17) is 0 Å². The fourth-order valence-corrected chi connectivity index (χ4v) is 3.84. The summed E-state index contributed by atoms with van der Waals surface area (Å²) in [4.78, 5) is 18.6. The van der Waals surface area contributed by atoms with Gasteiger partial charge >= 0.3 is 6.18 Å². The Morgan fingerprint density at radius 2 is 2.08 bits per heavy atom. The summed E-state index contributed by atoms with van der Waals surface area (Å²) in [5.41, 5.74) is 0.0487. The summed E-state index contributed by atoms with van der Waals surface area (Å²) in [5.74, 6) is -0.0871. The molecule has 1 unspecified atom stereocenters. The van der Waals surface area contributed by atoms with Crippen molar-refractivity contribution in [2.24, 2.45) is 0 Å². The van der Waals surface area contributed by atoms with E-state index in [2.05, 4.69) is 15.2 Å². The first-order valence-electron chi connectivity index (χ1n) is 8.52. The van der Waals surface area contributed by atoms with Gasteiger partial charge in [0.05, 0.1) is 5.56 Å². The van der Waals surface area contributed by atoms with Gasteiger partial charge in [-0.25, -0.2) is 4.98 Å². The number of nitrogens with one attached hydrogen (secondary N) is 1. The molecule has 4 nitrogen and oxygen atoms in total. The standard InChI is InChI=1S/C18H20F3N3OS/c19-18(20,21)14-6-3-13(4-7-14)5-8-16(25)23-12-15-2-1-10-24(15)17-22-9-11-26-17/h3-4,6-7,9,11,15H,1-2,5,8,10,12H2,(H,23,25). The molecule has 1 atom stereocenters. The Balaban J connectivity index is 1.44. The number of hydrogen-bond acceptors (Lipinski definition) is 4. The zero-order valence-corrected chi connectivity index (χ0v) is 14.9. The molecule has 1 amide bonds. The van der Waals surface area contributed by atoms with E-state index in [1.165, 1.54) is 12.1 Å². The Morgan fingerprint density at radius 1 is 1.31 bits per heavy atom. The number of thiazole rings is 1. The summed E-state index contributed by atoms with van der Waals surface area (Å²) in [6.07, 6.45) is 0.211. The Bertz CT molecular complexity index is 716. The molecule has 1 aliphatic rings. The highest BCUT2D eigenvalue weighted by molar-refractivity contribution is 7.13. The number of rotatable bonds is 6. The number of carbonyl (C=O) groups is 1. The van der Waals surface area contributed by atoms with Gasteiger partial charge < -0.3 is 10.2 Å². The summed E-state index contributed by atoms with van der Waals surface area (Å²) in [6.45, 7) is 1.50. The average Bonchev–Trinajstić information content (AvgIpc) is 3.28. The van der Waals surface area contributed by atoms with Crippen LogP contribution in [-0.4, -0.2) is 30.0 Å².